The molecule has 0 amide bonds. The summed E-state index contributed by atoms with van der Waals surface area (Å²) in [5.74, 6) is 1.01. The van der Waals surface area contributed by atoms with Gasteiger partial charge in [-0.05, 0) is 19.1 Å². The number of hydrazone groups is 1. The summed E-state index contributed by atoms with van der Waals surface area (Å²) in [6, 6.07) is 5.49. The van der Waals surface area contributed by atoms with Gasteiger partial charge in [-0.2, -0.15) is 5.10 Å². The molecule has 2 aromatic rings. The highest BCUT2D eigenvalue weighted by atomic mass is 32.1. The standard InChI is InChI=1S/C16H19N3O4S/c1-4-23-15(20)8-11-10-24-16(18-11)19-17-9-12-13(21-2)6-5-7-14(12)22-3/h5-7,9-10H,4,8H2,1-3H3,(H,18,19). The van der Waals surface area contributed by atoms with Crippen LogP contribution in [0, 0.1) is 0 Å². The lowest BCUT2D eigenvalue weighted by Crippen LogP contribution is -2.07. The lowest BCUT2D eigenvalue weighted by molar-refractivity contribution is -0.142. The monoisotopic (exact) mass is 349 g/mol. The van der Waals surface area contributed by atoms with Gasteiger partial charge in [0, 0.05) is 5.38 Å². The topological polar surface area (TPSA) is 82.0 Å². The normalized spacial score (nSPS) is 10.6. The zero-order chi connectivity index (χ0) is 17.4. The fraction of sp³-hybridized carbons (Fsp3) is 0.312. The average molecular weight is 349 g/mol. The molecule has 0 atom stereocenters. The van der Waals surface area contributed by atoms with E-state index in [0.29, 0.717) is 28.9 Å². The van der Waals surface area contributed by atoms with E-state index in [1.807, 2.05) is 18.2 Å². The molecular formula is C16H19N3O4S. The van der Waals surface area contributed by atoms with Crippen molar-refractivity contribution in [3.63, 3.8) is 0 Å². The zero-order valence-corrected chi connectivity index (χ0v) is 14.6. The molecule has 0 aliphatic carbocycles. The molecule has 7 nitrogen and oxygen atoms in total. The predicted octanol–water partition coefficient (Wildman–Crippen LogP) is 2.71. The third-order valence-corrected chi connectivity index (χ3v) is 3.80. The molecule has 128 valence electrons. The van der Waals surface area contributed by atoms with Crippen LogP contribution in [0.15, 0.2) is 28.7 Å². The maximum atomic E-state index is 11.4. The van der Waals surface area contributed by atoms with Crippen LogP contribution >= 0.6 is 11.3 Å². The van der Waals surface area contributed by atoms with Crippen LogP contribution in [-0.4, -0.2) is 38.0 Å². The van der Waals surface area contributed by atoms with Crippen molar-refractivity contribution >= 4 is 28.7 Å². The molecule has 0 saturated heterocycles. The summed E-state index contributed by atoms with van der Waals surface area (Å²) in [7, 11) is 3.17. The number of aromatic nitrogens is 1. The Morgan fingerprint density at radius 1 is 1.33 bits per heavy atom. The zero-order valence-electron chi connectivity index (χ0n) is 13.7. The van der Waals surface area contributed by atoms with Gasteiger partial charge in [-0.25, -0.2) is 4.98 Å². The summed E-state index contributed by atoms with van der Waals surface area (Å²) >= 11 is 1.36. The Hall–Kier alpha value is -2.61. The molecule has 2 rings (SSSR count). The fourth-order valence-electron chi connectivity index (χ4n) is 1.96. The van der Waals surface area contributed by atoms with Gasteiger partial charge in [-0.3, -0.25) is 10.2 Å². The third kappa shape index (κ3) is 4.69. The van der Waals surface area contributed by atoms with Crippen LogP contribution in [0.5, 0.6) is 11.5 Å². The van der Waals surface area contributed by atoms with Crippen molar-refractivity contribution in [2.24, 2.45) is 5.10 Å². The maximum absolute atomic E-state index is 11.4. The van der Waals surface area contributed by atoms with Gasteiger partial charge in [0.15, 0.2) is 0 Å². The Balaban J connectivity index is 2.02. The van der Waals surface area contributed by atoms with E-state index < -0.39 is 0 Å². The summed E-state index contributed by atoms with van der Waals surface area (Å²) < 4.78 is 15.5. The molecule has 1 aromatic carbocycles. The molecule has 0 saturated carbocycles. The minimum absolute atomic E-state index is 0.149. The van der Waals surface area contributed by atoms with E-state index in [9.17, 15) is 4.79 Å². The Bertz CT molecular complexity index is 693. The number of carbonyl (C=O) groups is 1. The van der Waals surface area contributed by atoms with Crippen LogP contribution < -0.4 is 14.9 Å². The Labute approximate surface area is 144 Å². The molecule has 8 heteroatoms. The van der Waals surface area contributed by atoms with Gasteiger partial charge in [0.1, 0.15) is 11.5 Å². The number of nitrogens with zero attached hydrogens (tertiary/aromatic N) is 2. The Kier molecular flexibility index (Phi) is 6.56. The van der Waals surface area contributed by atoms with Gasteiger partial charge in [-0.1, -0.05) is 6.07 Å². The molecule has 0 spiro atoms. The number of esters is 1. The highest BCUT2D eigenvalue weighted by Gasteiger charge is 2.09. The van der Waals surface area contributed by atoms with Gasteiger partial charge in [0.05, 0.1) is 44.7 Å². The second-order valence-electron chi connectivity index (χ2n) is 4.57. The average Bonchev–Trinajstić information content (AvgIpc) is 3.02. The number of hydrogen-bond acceptors (Lipinski definition) is 8. The highest BCUT2D eigenvalue weighted by molar-refractivity contribution is 7.13. The van der Waals surface area contributed by atoms with Crippen LogP contribution in [0.25, 0.3) is 0 Å². The summed E-state index contributed by atoms with van der Waals surface area (Å²) in [5.41, 5.74) is 4.20. The van der Waals surface area contributed by atoms with Crippen molar-refractivity contribution in [3.8, 4) is 11.5 Å². The van der Waals surface area contributed by atoms with E-state index in [0.717, 1.165) is 5.56 Å². The molecule has 0 aliphatic rings. The van der Waals surface area contributed by atoms with Crippen molar-refractivity contribution in [2.75, 3.05) is 26.3 Å². The van der Waals surface area contributed by atoms with Gasteiger partial charge in [0.25, 0.3) is 0 Å². The van der Waals surface area contributed by atoms with Crippen molar-refractivity contribution in [2.45, 2.75) is 13.3 Å². The highest BCUT2D eigenvalue weighted by Crippen LogP contribution is 2.26. The molecule has 24 heavy (non-hydrogen) atoms. The van der Waals surface area contributed by atoms with Crippen molar-refractivity contribution < 1.29 is 19.0 Å². The second-order valence-corrected chi connectivity index (χ2v) is 5.43. The van der Waals surface area contributed by atoms with E-state index in [1.54, 1.807) is 32.7 Å². The first kappa shape index (κ1) is 17.7. The predicted molar refractivity (Wildman–Crippen MR) is 93.2 cm³/mol. The lowest BCUT2D eigenvalue weighted by atomic mass is 10.2. The van der Waals surface area contributed by atoms with Gasteiger partial charge < -0.3 is 14.2 Å². The van der Waals surface area contributed by atoms with Gasteiger partial charge in [0.2, 0.25) is 5.13 Å². The number of carbonyl (C=O) groups excluding carboxylic acids is 1. The maximum Gasteiger partial charge on any atom is 0.311 e. The summed E-state index contributed by atoms with van der Waals surface area (Å²) in [6.07, 6.45) is 1.75. The first-order valence-electron chi connectivity index (χ1n) is 7.28. The molecule has 0 unspecified atom stereocenters. The molecule has 0 fully saturated rings. The summed E-state index contributed by atoms with van der Waals surface area (Å²) in [6.45, 7) is 2.13. The second kappa shape index (κ2) is 8.88. The molecule has 1 N–H and O–H groups in total. The van der Waals surface area contributed by atoms with E-state index in [2.05, 4.69) is 15.5 Å². The molecule has 0 aliphatic heterocycles. The van der Waals surface area contributed by atoms with E-state index in [4.69, 9.17) is 14.2 Å². The SMILES string of the molecule is CCOC(=O)Cc1csc(NN=Cc2c(OC)cccc2OC)n1. The molecule has 1 aromatic heterocycles. The summed E-state index contributed by atoms with van der Waals surface area (Å²) in [5, 5.41) is 6.53. The number of thiazole rings is 1. The van der Waals surface area contributed by atoms with Crippen LogP contribution in [-0.2, 0) is 16.0 Å². The lowest BCUT2D eigenvalue weighted by Gasteiger charge is -2.08. The van der Waals surface area contributed by atoms with Crippen LogP contribution in [0.2, 0.25) is 0 Å². The van der Waals surface area contributed by atoms with Gasteiger partial charge >= 0.3 is 5.97 Å². The van der Waals surface area contributed by atoms with Crippen molar-refractivity contribution in [1.82, 2.24) is 4.98 Å². The van der Waals surface area contributed by atoms with E-state index in [1.165, 1.54) is 11.3 Å². The number of hydrogen-bond donors (Lipinski definition) is 1. The van der Waals surface area contributed by atoms with Gasteiger partial charge in [-0.15, -0.1) is 11.3 Å². The smallest absolute Gasteiger partial charge is 0.311 e. The first-order valence-corrected chi connectivity index (χ1v) is 8.16. The number of rotatable bonds is 8. The Morgan fingerprint density at radius 3 is 2.67 bits per heavy atom. The summed E-state index contributed by atoms with van der Waals surface area (Å²) in [4.78, 5) is 15.7. The van der Waals surface area contributed by atoms with Crippen LogP contribution in [0.4, 0.5) is 5.13 Å². The largest absolute Gasteiger partial charge is 0.496 e. The van der Waals surface area contributed by atoms with Crippen molar-refractivity contribution in [1.29, 1.82) is 0 Å². The third-order valence-electron chi connectivity index (χ3n) is 3.00. The molecule has 1 heterocycles. The van der Waals surface area contributed by atoms with Crippen molar-refractivity contribution in [3.05, 3.63) is 34.8 Å². The number of methoxy groups -OCH3 is 2. The van der Waals surface area contributed by atoms with E-state index in [-0.39, 0.29) is 12.4 Å². The van der Waals surface area contributed by atoms with Crippen LogP contribution in [0.3, 0.4) is 0 Å². The Morgan fingerprint density at radius 2 is 2.04 bits per heavy atom. The number of anilines is 1. The minimum Gasteiger partial charge on any atom is -0.496 e. The quantitative estimate of drug-likeness (QED) is 0.448. The molecule has 0 bridgehead atoms. The minimum atomic E-state index is -0.295. The fourth-order valence-corrected chi connectivity index (χ4v) is 2.62. The number of ether oxygens (including phenoxy) is 3. The first-order chi connectivity index (χ1) is 11.7. The molecule has 0 radical (unpaired) electrons. The molecular weight excluding hydrogens is 330 g/mol. The number of benzene rings is 1. The van der Waals surface area contributed by atoms with Crippen LogP contribution in [0.1, 0.15) is 18.2 Å². The van der Waals surface area contributed by atoms with E-state index >= 15 is 0 Å². The number of nitrogens with one attached hydrogen (secondary N) is 1.